The molecule has 2 unspecified atom stereocenters. The van der Waals surface area contributed by atoms with Crippen molar-refractivity contribution < 1.29 is 23.7 Å². The van der Waals surface area contributed by atoms with Crippen molar-refractivity contribution in [3.05, 3.63) is 118 Å². The normalized spacial score (nSPS) is 23.4. The molecule has 1 heterocycles. The van der Waals surface area contributed by atoms with Gasteiger partial charge in [-0.1, -0.05) is 84.0 Å². The highest BCUT2D eigenvalue weighted by molar-refractivity contribution is 5.89. The zero-order chi connectivity index (χ0) is 25.2. The van der Waals surface area contributed by atoms with E-state index in [1.54, 1.807) is 24.3 Å². The quantitative estimate of drug-likeness (QED) is 0.163. The first-order chi connectivity index (χ1) is 17.7. The van der Waals surface area contributed by atoms with Crippen LogP contribution in [0.3, 0.4) is 0 Å². The molecular weight excluding hydrogens is 458 g/mol. The summed E-state index contributed by atoms with van der Waals surface area (Å²) in [7, 11) is 0. The van der Waals surface area contributed by atoms with Crippen molar-refractivity contribution >= 4 is 5.97 Å². The van der Waals surface area contributed by atoms with E-state index in [4.69, 9.17) is 18.9 Å². The number of rotatable bonds is 10. The summed E-state index contributed by atoms with van der Waals surface area (Å²) in [6, 6.07) is 27.6. The number of azide groups is 1. The lowest BCUT2D eigenvalue weighted by Gasteiger charge is -2.44. The Labute approximate surface area is 210 Å². The monoisotopic (exact) mass is 487 g/mol. The highest BCUT2D eigenvalue weighted by Gasteiger charge is 2.46. The Morgan fingerprint density at radius 2 is 1.39 bits per heavy atom. The fourth-order valence-electron chi connectivity index (χ4n) is 4.20. The molecule has 5 atom stereocenters. The van der Waals surface area contributed by atoms with Crippen molar-refractivity contribution in [2.24, 2.45) is 5.11 Å². The molecule has 0 bridgehead atoms. The Morgan fingerprint density at radius 1 is 0.861 bits per heavy atom. The van der Waals surface area contributed by atoms with Gasteiger partial charge in [-0.3, -0.25) is 0 Å². The highest BCUT2D eigenvalue weighted by atomic mass is 16.6. The lowest BCUT2D eigenvalue weighted by molar-refractivity contribution is -0.220. The van der Waals surface area contributed by atoms with Gasteiger partial charge in [0.05, 0.1) is 37.0 Å². The molecule has 0 aromatic heterocycles. The fourth-order valence-corrected chi connectivity index (χ4v) is 4.20. The maximum Gasteiger partial charge on any atom is 0.338 e. The number of carbonyl (C=O) groups is 1. The van der Waals surface area contributed by atoms with Crippen molar-refractivity contribution in [3.63, 3.8) is 0 Å². The molecule has 186 valence electrons. The van der Waals surface area contributed by atoms with Gasteiger partial charge in [0.1, 0.15) is 18.8 Å². The maximum absolute atomic E-state index is 12.6. The molecule has 36 heavy (non-hydrogen) atoms. The molecule has 8 nitrogen and oxygen atoms in total. The van der Waals surface area contributed by atoms with Gasteiger partial charge in [0.15, 0.2) is 0 Å². The van der Waals surface area contributed by atoms with Crippen molar-refractivity contribution in [3.8, 4) is 0 Å². The second-order valence-corrected chi connectivity index (χ2v) is 8.56. The second-order valence-electron chi connectivity index (χ2n) is 8.56. The van der Waals surface area contributed by atoms with Gasteiger partial charge in [0, 0.05) is 4.91 Å². The SMILES string of the molecule is C[C@@H]1OC(COC(=O)c2ccccc2)[C@H](OCc2ccccc2)[C@H](OCc2ccccc2)C1N=[N+]=[N-]. The van der Waals surface area contributed by atoms with Crippen molar-refractivity contribution in [2.45, 2.75) is 50.6 Å². The summed E-state index contributed by atoms with van der Waals surface area (Å²) in [6.07, 6.45) is -2.36. The van der Waals surface area contributed by atoms with Crippen molar-refractivity contribution in [2.75, 3.05) is 6.61 Å². The lowest BCUT2D eigenvalue weighted by Crippen LogP contribution is -2.59. The predicted molar refractivity (Wildman–Crippen MR) is 134 cm³/mol. The number of benzene rings is 3. The van der Waals surface area contributed by atoms with Gasteiger partial charge >= 0.3 is 5.97 Å². The number of hydrogen-bond donors (Lipinski definition) is 0. The summed E-state index contributed by atoms with van der Waals surface area (Å²) in [5.41, 5.74) is 11.6. The summed E-state index contributed by atoms with van der Waals surface area (Å²) in [4.78, 5) is 15.6. The Bertz CT molecular complexity index is 1140. The van der Waals surface area contributed by atoms with Gasteiger partial charge in [0.2, 0.25) is 0 Å². The van der Waals surface area contributed by atoms with Crippen LogP contribution in [0.25, 0.3) is 10.4 Å². The van der Waals surface area contributed by atoms with Crippen LogP contribution >= 0.6 is 0 Å². The van der Waals surface area contributed by atoms with Gasteiger partial charge in [0.25, 0.3) is 0 Å². The van der Waals surface area contributed by atoms with E-state index in [9.17, 15) is 10.3 Å². The summed E-state index contributed by atoms with van der Waals surface area (Å²) < 4.78 is 24.4. The van der Waals surface area contributed by atoms with Crippen LogP contribution in [0, 0.1) is 0 Å². The predicted octanol–water partition coefficient (Wildman–Crippen LogP) is 5.48. The standard InChI is InChI=1S/C28H29N3O5/c1-20-25(30-31-29)27(34-18-22-13-7-3-8-14-22)26(33-17-21-11-5-2-6-12-21)24(36-20)19-35-28(32)23-15-9-4-10-16-23/h2-16,20,24-27H,17-19H2,1H3/t20-,24?,25?,26-,27+/m0/s1. The van der Waals surface area contributed by atoms with E-state index in [0.717, 1.165) is 11.1 Å². The molecule has 0 spiro atoms. The van der Waals surface area contributed by atoms with E-state index in [2.05, 4.69) is 10.0 Å². The van der Waals surface area contributed by atoms with Crippen LogP contribution in [0.15, 0.2) is 96.1 Å². The molecular formula is C28H29N3O5. The van der Waals surface area contributed by atoms with Crippen LogP contribution in [-0.2, 0) is 32.2 Å². The topological polar surface area (TPSA) is 103 Å². The maximum atomic E-state index is 12.6. The van der Waals surface area contributed by atoms with E-state index in [-0.39, 0.29) is 6.61 Å². The van der Waals surface area contributed by atoms with Crippen molar-refractivity contribution in [1.82, 2.24) is 0 Å². The number of nitrogens with zero attached hydrogens (tertiary/aromatic N) is 3. The third-order valence-corrected chi connectivity index (χ3v) is 6.04. The average molecular weight is 488 g/mol. The molecule has 0 N–H and O–H groups in total. The molecule has 1 aliphatic heterocycles. The summed E-state index contributed by atoms with van der Waals surface area (Å²) in [5, 5.41) is 3.98. The molecule has 0 radical (unpaired) electrons. The molecule has 0 amide bonds. The fraction of sp³-hybridized carbons (Fsp3) is 0.321. The van der Waals surface area contributed by atoms with Crippen LogP contribution < -0.4 is 0 Å². The number of hydrogen-bond acceptors (Lipinski definition) is 6. The van der Waals surface area contributed by atoms with Gasteiger partial charge in [-0.05, 0) is 35.7 Å². The average Bonchev–Trinajstić information content (AvgIpc) is 2.93. The Hall–Kier alpha value is -3.68. The summed E-state index contributed by atoms with van der Waals surface area (Å²) in [5.74, 6) is -0.451. The largest absolute Gasteiger partial charge is 0.459 e. The minimum atomic E-state index is -0.649. The van der Waals surface area contributed by atoms with E-state index >= 15 is 0 Å². The molecule has 1 fully saturated rings. The summed E-state index contributed by atoms with van der Waals surface area (Å²) in [6.45, 7) is 2.38. The molecule has 8 heteroatoms. The molecule has 3 aromatic carbocycles. The van der Waals surface area contributed by atoms with Crippen molar-refractivity contribution in [1.29, 1.82) is 0 Å². The van der Waals surface area contributed by atoms with Crippen LogP contribution in [0.5, 0.6) is 0 Å². The van der Waals surface area contributed by atoms with Gasteiger partial charge < -0.3 is 18.9 Å². The molecule has 4 rings (SSSR count). The zero-order valence-corrected chi connectivity index (χ0v) is 20.1. The van der Waals surface area contributed by atoms with Crippen LogP contribution in [-0.4, -0.2) is 43.0 Å². The zero-order valence-electron chi connectivity index (χ0n) is 20.1. The Morgan fingerprint density at radius 3 is 1.94 bits per heavy atom. The van der Waals surface area contributed by atoms with E-state index < -0.39 is 36.4 Å². The smallest absolute Gasteiger partial charge is 0.338 e. The number of esters is 1. The van der Waals surface area contributed by atoms with Gasteiger partial charge in [-0.15, -0.1) is 0 Å². The first-order valence-corrected chi connectivity index (χ1v) is 11.9. The van der Waals surface area contributed by atoms with Crippen LogP contribution in [0.4, 0.5) is 0 Å². The minimum Gasteiger partial charge on any atom is -0.459 e. The lowest BCUT2D eigenvalue weighted by atomic mass is 9.93. The number of carbonyl (C=O) groups excluding carboxylic acids is 1. The van der Waals surface area contributed by atoms with Gasteiger partial charge in [-0.25, -0.2) is 4.79 Å². The second kappa shape index (κ2) is 12.9. The third kappa shape index (κ3) is 6.71. The highest BCUT2D eigenvalue weighted by Crippen LogP contribution is 2.30. The first kappa shape index (κ1) is 25.4. The first-order valence-electron chi connectivity index (χ1n) is 11.9. The summed E-state index contributed by atoms with van der Waals surface area (Å²) >= 11 is 0. The minimum absolute atomic E-state index is 0.0360. The number of ether oxygens (including phenoxy) is 4. The van der Waals surface area contributed by atoms with Crippen LogP contribution in [0.2, 0.25) is 0 Å². The third-order valence-electron chi connectivity index (χ3n) is 6.04. The Kier molecular flexibility index (Phi) is 9.08. The van der Waals surface area contributed by atoms with Crippen LogP contribution in [0.1, 0.15) is 28.4 Å². The molecule has 3 aromatic rings. The molecule has 1 saturated heterocycles. The van der Waals surface area contributed by atoms with E-state index in [0.29, 0.717) is 18.8 Å². The van der Waals surface area contributed by atoms with E-state index in [1.165, 1.54) is 0 Å². The van der Waals surface area contributed by atoms with E-state index in [1.807, 2.05) is 73.7 Å². The molecule has 1 aliphatic rings. The molecule has 0 saturated carbocycles. The Balaban J connectivity index is 1.55. The molecule has 0 aliphatic carbocycles. The van der Waals surface area contributed by atoms with Gasteiger partial charge in [-0.2, -0.15) is 0 Å².